The molecule has 0 saturated heterocycles. The number of hydrogen-bond donors (Lipinski definition) is 0. The van der Waals surface area contributed by atoms with E-state index in [1.54, 1.807) is 10.8 Å². The van der Waals surface area contributed by atoms with Crippen LogP contribution in [0.5, 0.6) is 0 Å². The summed E-state index contributed by atoms with van der Waals surface area (Å²) >= 11 is 12.2. The lowest BCUT2D eigenvalue weighted by atomic mass is 9.97. The molecule has 1 aliphatic heterocycles. The van der Waals surface area contributed by atoms with Crippen LogP contribution in [0.3, 0.4) is 0 Å². The van der Waals surface area contributed by atoms with E-state index in [4.69, 9.17) is 23.2 Å². The van der Waals surface area contributed by atoms with Crippen LogP contribution in [0.25, 0.3) is 11.0 Å². The molecule has 31 heavy (non-hydrogen) atoms. The highest BCUT2D eigenvalue weighted by molar-refractivity contribution is 6.30. The van der Waals surface area contributed by atoms with Gasteiger partial charge in [-0.25, -0.2) is 4.98 Å². The normalized spacial score (nSPS) is 14.0. The Balaban J connectivity index is 1.54. The number of aromatic nitrogens is 2. The Labute approximate surface area is 190 Å². The van der Waals surface area contributed by atoms with Crippen molar-refractivity contribution in [2.24, 2.45) is 0 Å². The van der Waals surface area contributed by atoms with Gasteiger partial charge in [-0.3, -0.25) is 14.3 Å². The molecule has 0 saturated carbocycles. The summed E-state index contributed by atoms with van der Waals surface area (Å²) in [6.07, 6.45) is 2.58. The molecule has 0 bridgehead atoms. The third kappa shape index (κ3) is 4.11. The third-order valence-electron chi connectivity index (χ3n) is 5.84. The van der Waals surface area contributed by atoms with Crippen molar-refractivity contribution in [2.45, 2.75) is 26.1 Å². The summed E-state index contributed by atoms with van der Waals surface area (Å²) in [5.74, 6) is 0. The fourth-order valence-electron chi connectivity index (χ4n) is 4.37. The van der Waals surface area contributed by atoms with Gasteiger partial charge >= 0.3 is 0 Å². The molecule has 0 fully saturated rings. The molecule has 0 unspecified atom stereocenters. The molecule has 0 amide bonds. The Morgan fingerprint density at radius 2 is 1.71 bits per heavy atom. The Bertz CT molecular complexity index is 1310. The number of benzene rings is 2. The van der Waals surface area contributed by atoms with E-state index in [9.17, 15) is 4.79 Å². The summed E-state index contributed by atoms with van der Waals surface area (Å²) < 4.78 is 1.79. The third-order valence-corrected chi connectivity index (χ3v) is 6.33. The predicted octanol–water partition coefficient (Wildman–Crippen LogP) is 5.31. The SMILES string of the molecule is O=c1c2c(c3cccnc3n1Cc1ccc(Cl)cc1)CCN(Cc1cccc(Cl)c1)C2. The molecular formula is C25H21Cl2N3O. The topological polar surface area (TPSA) is 38.1 Å². The zero-order valence-corrected chi connectivity index (χ0v) is 18.4. The van der Waals surface area contributed by atoms with Crippen molar-refractivity contribution in [3.63, 3.8) is 0 Å². The number of fused-ring (bicyclic) bond motifs is 3. The van der Waals surface area contributed by atoms with Crippen molar-refractivity contribution >= 4 is 34.2 Å². The van der Waals surface area contributed by atoms with Gasteiger partial charge in [0.05, 0.1) is 6.54 Å². The van der Waals surface area contributed by atoms with Crippen LogP contribution >= 0.6 is 23.2 Å². The summed E-state index contributed by atoms with van der Waals surface area (Å²) in [4.78, 5) is 20.5. The van der Waals surface area contributed by atoms with Gasteiger partial charge in [0, 0.05) is 46.8 Å². The van der Waals surface area contributed by atoms with Gasteiger partial charge < -0.3 is 0 Å². The summed E-state index contributed by atoms with van der Waals surface area (Å²) in [6, 6.07) is 19.5. The van der Waals surface area contributed by atoms with Gasteiger partial charge in [-0.15, -0.1) is 0 Å². The molecule has 1 aliphatic rings. The van der Waals surface area contributed by atoms with Gasteiger partial charge in [0.1, 0.15) is 5.65 Å². The average molecular weight is 450 g/mol. The molecule has 6 heteroatoms. The summed E-state index contributed by atoms with van der Waals surface area (Å²) in [5.41, 5.74) is 4.94. The standard InChI is InChI=1S/C25H21Cl2N3O/c26-19-8-6-17(7-9-19)15-30-24-22(5-2-11-28-24)21-10-12-29(16-23(21)25(30)31)14-18-3-1-4-20(27)13-18/h1-9,11,13H,10,12,14-16H2. The minimum atomic E-state index is 0.0342. The minimum Gasteiger partial charge on any atom is -0.294 e. The highest BCUT2D eigenvalue weighted by Gasteiger charge is 2.24. The lowest BCUT2D eigenvalue weighted by Gasteiger charge is -2.30. The number of rotatable bonds is 4. The second kappa shape index (κ2) is 8.46. The molecule has 5 rings (SSSR count). The average Bonchev–Trinajstić information content (AvgIpc) is 2.78. The van der Waals surface area contributed by atoms with E-state index in [-0.39, 0.29) is 5.56 Å². The van der Waals surface area contributed by atoms with Crippen LogP contribution in [-0.2, 0) is 26.1 Å². The number of pyridine rings is 2. The second-order valence-corrected chi connectivity index (χ2v) is 8.81. The maximum atomic E-state index is 13.6. The predicted molar refractivity (Wildman–Crippen MR) is 126 cm³/mol. The molecule has 0 atom stereocenters. The van der Waals surface area contributed by atoms with Crippen LogP contribution in [0.1, 0.15) is 22.3 Å². The largest absolute Gasteiger partial charge is 0.294 e. The summed E-state index contributed by atoms with van der Waals surface area (Å²) in [7, 11) is 0. The van der Waals surface area contributed by atoms with Crippen molar-refractivity contribution in [1.82, 2.24) is 14.5 Å². The molecule has 3 heterocycles. The van der Waals surface area contributed by atoms with Gasteiger partial charge in [0.2, 0.25) is 0 Å². The van der Waals surface area contributed by atoms with Crippen LogP contribution in [0, 0.1) is 0 Å². The lowest BCUT2D eigenvalue weighted by molar-refractivity contribution is 0.244. The first kappa shape index (κ1) is 20.3. The molecule has 2 aromatic carbocycles. The highest BCUT2D eigenvalue weighted by Crippen LogP contribution is 2.26. The van der Waals surface area contributed by atoms with E-state index < -0.39 is 0 Å². The van der Waals surface area contributed by atoms with Crippen LogP contribution < -0.4 is 5.56 Å². The van der Waals surface area contributed by atoms with Crippen LogP contribution in [0.15, 0.2) is 71.7 Å². The van der Waals surface area contributed by atoms with Crippen molar-refractivity contribution in [2.75, 3.05) is 6.54 Å². The van der Waals surface area contributed by atoms with Crippen LogP contribution in [0.2, 0.25) is 10.0 Å². The smallest absolute Gasteiger partial charge is 0.257 e. The zero-order chi connectivity index (χ0) is 21.4. The quantitative estimate of drug-likeness (QED) is 0.423. The molecular weight excluding hydrogens is 429 g/mol. The molecule has 2 aromatic heterocycles. The van der Waals surface area contributed by atoms with Crippen LogP contribution in [-0.4, -0.2) is 21.0 Å². The van der Waals surface area contributed by atoms with Gasteiger partial charge in [0.25, 0.3) is 5.56 Å². The number of nitrogens with zero attached hydrogens (tertiary/aromatic N) is 3. The number of halogens is 2. The monoisotopic (exact) mass is 449 g/mol. The molecule has 0 aliphatic carbocycles. The first-order valence-corrected chi connectivity index (χ1v) is 11.0. The Morgan fingerprint density at radius 3 is 2.52 bits per heavy atom. The maximum Gasteiger partial charge on any atom is 0.257 e. The van der Waals surface area contributed by atoms with Crippen molar-refractivity contribution in [3.8, 4) is 0 Å². The Morgan fingerprint density at radius 1 is 0.871 bits per heavy atom. The van der Waals surface area contributed by atoms with E-state index >= 15 is 0 Å². The van der Waals surface area contributed by atoms with E-state index in [0.29, 0.717) is 18.1 Å². The van der Waals surface area contributed by atoms with E-state index in [2.05, 4.69) is 22.0 Å². The van der Waals surface area contributed by atoms with Gasteiger partial charge in [0.15, 0.2) is 0 Å². The van der Waals surface area contributed by atoms with Crippen molar-refractivity contribution in [1.29, 1.82) is 0 Å². The van der Waals surface area contributed by atoms with Crippen molar-refractivity contribution in [3.05, 3.63) is 110 Å². The molecule has 0 N–H and O–H groups in total. The molecule has 4 nitrogen and oxygen atoms in total. The first-order chi connectivity index (χ1) is 15.1. The maximum absolute atomic E-state index is 13.6. The first-order valence-electron chi connectivity index (χ1n) is 10.3. The molecule has 156 valence electrons. The highest BCUT2D eigenvalue weighted by atomic mass is 35.5. The fraction of sp³-hybridized carbons (Fsp3) is 0.200. The fourth-order valence-corrected chi connectivity index (χ4v) is 4.71. The van der Waals surface area contributed by atoms with E-state index in [1.807, 2.05) is 48.5 Å². The molecule has 0 radical (unpaired) electrons. The Hall–Kier alpha value is -2.66. The van der Waals surface area contributed by atoms with E-state index in [1.165, 1.54) is 0 Å². The van der Waals surface area contributed by atoms with Gasteiger partial charge in [-0.1, -0.05) is 47.5 Å². The summed E-state index contributed by atoms with van der Waals surface area (Å²) in [5, 5.41) is 2.48. The van der Waals surface area contributed by atoms with Gasteiger partial charge in [-0.2, -0.15) is 0 Å². The summed E-state index contributed by atoms with van der Waals surface area (Å²) in [6.45, 7) is 2.74. The molecule has 4 aromatic rings. The molecule has 0 spiro atoms. The number of hydrogen-bond acceptors (Lipinski definition) is 3. The van der Waals surface area contributed by atoms with E-state index in [0.717, 1.165) is 57.8 Å². The lowest BCUT2D eigenvalue weighted by Crippen LogP contribution is -2.37. The zero-order valence-electron chi connectivity index (χ0n) is 16.9. The van der Waals surface area contributed by atoms with Crippen LogP contribution in [0.4, 0.5) is 0 Å². The van der Waals surface area contributed by atoms with Crippen molar-refractivity contribution < 1.29 is 0 Å². The van der Waals surface area contributed by atoms with Gasteiger partial charge in [-0.05, 0) is 59.5 Å². The Kier molecular flexibility index (Phi) is 5.53. The minimum absolute atomic E-state index is 0.0342. The second-order valence-electron chi connectivity index (χ2n) is 7.94.